The minimum absolute atomic E-state index is 0.258. The van der Waals surface area contributed by atoms with Gasteiger partial charge >= 0.3 is 5.69 Å². The van der Waals surface area contributed by atoms with Crippen LogP contribution in [0.2, 0.25) is 0 Å². The monoisotopic (exact) mass is 257 g/mol. The van der Waals surface area contributed by atoms with Crippen LogP contribution in [0.1, 0.15) is 17.2 Å². The molecule has 0 saturated carbocycles. The SMILES string of the molecule is NC(c1cccc(F)c1)c1ccc2[nH]c(=O)[nH]c2c1. The van der Waals surface area contributed by atoms with E-state index in [2.05, 4.69) is 9.97 Å². The average molecular weight is 257 g/mol. The third kappa shape index (κ3) is 2.15. The van der Waals surface area contributed by atoms with Crippen LogP contribution in [-0.2, 0) is 0 Å². The highest BCUT2D eigenvalue weighted by molar-refractivity contribution is 5.75. The summed E-state index contributed by atoms with van der Waals surface area (Å²) in [5.74, 6) is -0.316. The van der Waals surface area contributed by atoms with Gasteiger partial charge in [0.15, 0.2) is 0 Å². The van der Waals surface area contributed by atoms with Gasteiger partial charge < -0.3 is 15.7 Å². The van der Waals surface area contributed by atoms with Crippen molar-refractivity contribution in [3.8, 4) is 0 Å². The molecule has 0 saturated heterocycles. The first-order chi connectivity index (χ1) is 9.13. The molecule has 0 aliphatic heterocycles. The molecule has 0 amide bonds. The number of halogens is 1. The van der Waals surface area contributed by atoms with Gasteiger partial charge in [-0.15, -0.1) is 0 Å². The fourth-order valence-corrected chi connectivity index (χ4v) is 2.14. The number of nitrogens with two attached hydrogens (primary N) is 1. The summed E-state index contributed by atoms with van der Waals surface area (Å²) in [7, 11) is 0. The van der Waals surface area contributed by atoms with E-state index in [1.165, 1.54) is 12.1 Å². The zero-order valence-corrected chi connectivity index (χ0v) is 9.98. The summed E-state index contributed by atoms with van der Waals surface area (Å²) in [5.41, 5.74) is 8.77. The topological polar surface area (TPSA) is 74.7 Å². The van der Waals surface area contributed by atoms with E-state index in [1.54, 1.807) is 24.3 Å². The summed E-state index contributed by atoms with van der Waals surface area (Å²) >= 11 is 0. The predicted octanol–water partition coefficient (Wildman–Crippen LogP) is 2.04. The summed E-state index contributed by atoms with van der Waals surface area (Å²) in [6, 6.07) is 11.2. The van der Waals surface area contributed by atoms with Gasteiger partial charge in [0.05, 0.1) is 17.1 Å². The maximum absolute atomic E-state index is 13.2. The van der Waals surface area contributed by atoms with E-state index < -0.39 is 6.04 Å². The first-order valence-corrected chi connectivity index (χ1v) is 5.86. The van der Waals surface area contributed by atoms with Crippen LogP contribution in [0.4, 0.5) is 4.39 Å². The van der Waals surface area contributed by atoms with E-state index in [4.69, 9.17) is 5.73 Å². The standard InChI is InChI=1S/C14H12FN3O/c15-10-3-1-2-8(6-10)13(16)9-4-5-11-12(7-9)18-14(19)17-11/h1-7,13H,16H2,(H2,17,18,19). The molecule has 1 atom stereocenters. The molecule has 0 bridgehead atoms. The number of aromatic nitrogens is 2. The van der Waals surface area contributed by atoms with Crippen molar-refractivity contribution < 1.29 is 4.39 Å². The molecule has 0 radical (unpaired) electrons. The van der Waals surface area contributed by atoms with Gasteiger partial charge in [0.2, 0.25) is 0 Å². The van der Waals surface area contributed by atoms with Gasteiger partial charge in [0, 0.05) is 0 Å². The third-order valence-corrected chi connectivity index (χ3v) is 3.11. The molecule has 3 rings (SSSR count). The number of H-pyrrole nitrogens is 2. The number of rotatable bonds is 2. The van der Waals surface area contributed by atoms with E-state index in [1.807, 2.05) is 6.07 Å². The summed E-state index contributed by atoms with van der Waals surface area (Å²) in [6.45, 7) is 0. The number of aromatic amines is 2. The lowest BCUT2D eigenvalue weighted by molar-refractivity contribution is 0.623. The van der Waals surface area contributed by atoms with Crippen LogP contribution in [0.3, 0.4) is 0 Å². The second-order valence-corrected chi connectivity index (χ2v) is 4.42. The van der Waals surface area contributed by atoms with Crippen molar-refractivity contribution in [3.05, 3.63) is 69.9 Å². The van der Waals surface area contributed by atoms with Crippen molar-refractivity contribution in [2.24, 2.45) is 5.73 Å². The molecule has 0 fully saturated rings. The summed E-state index contributed by atoms with van der Waals surface area (Å²) in [6.07, 6.45) is 0. The van der Waals surface area contributed by atoms with E-state index in [0.29, 0.717) is 11.1 Å². The van der Waals surface area contributed by atoms with E-state index in [-0.39, 0.29) is 11.5 Å². The fourth-order valence-electron chi connectivity index (χ4n) is 2.14. The van der Waals surface area contributed by atoms with E-state index >= 15 is 0 Å². The normalized spacial score (nSPS) is 12.7. The minimum atomic E-state index is -0.432. The van der Waals surface area contributed by atoms with Gasteiger partial charge in [-0.3, -0.25) is 0 Å². The van der Waals surface area contributed by atoms with Gasteiger partial charge in [-0.2, -0.15) is 0 Å². The van der Waals surface area contributed by atoms with Crippen LogP contribution in [0.5, 0.6) is 0 Å². The maximum Gasteiger partial charge on any atom is 0.323 e. The molecule has 1 unspecified atom stereocenters. The van der Waals surface area contributed by atoms with Crippen LogP contribution in [0.15, 0.2) is 47.3 Å². The van der Waals surface area contributed by atoms with Crippen LogP contribution in [0, 0.1) is 5.82 Å². The predicted molar refractivity (Wildman–Crippen MR) is 71.3 cm³/mol. The molecule has 4 nitrogen and oxygen atoms in total. The minimum Gasteiger partial charge on any atom is -0.320 e. The Morgan fingerprint density at radius 2 is 1.74 bits per heavy atom. The molecule has 3 aromatic rings. The molecule has 0 aliphatic rings. The Hall–Kier alpha value is -2.40. The second kappa shape index (κ2) is 4.37. The number of benzene rings is 2. The molecule has 2 aromatic carbocycles. The van der Waals surface area contributed by atoms with Crippen molar-refractivity contribution in [2.45, 2.75) is 6.04 Å². The van der Waals surface area contributed by atoms with Gasteiger partial charge in [-0.25, -0.2) is 9.18 Å². The quantitative estimate of drug-likeness (QED) is 0.657. The number of fused-ring (bicyclic) bond motifs is 1. The first kappa shape index (κ1) is 11.7. The Morgan fingerprint density at radius 1 is 1.00 bits per heavy atom. The van der Waals surface area contributed by atoms with Crippen molar-refractivity contribution in [3.63, 3.8) is 0 Å². The van der Waals surface area contributed by atoms with Crippen LogP contribution >= 0.6 is 0 Å². The van der Waals surface area contributed by atoms with E-state index in [0.717, 1.165) is 11.1 Å². The number of hydrogen-bond donors (Lipinski definition) is 3. The van der Waals surface area contributed by atoms with Gasteiger partial charge in [0.1, 0.15) is 5.82 Å². The molecule has 4 N–H and O–H groups in total. The lowest BCUT2D eigenvalue weighted by Gasteiger charge is -2.12. The fraction of sp³-hybridized carbons (Fsp3) is 0.0714. The van der Waals surface area contributed by atoms with Crippen LogP contribution < -0.4 is 11.4 Å². The zero-order valence-electron chi connectivity index (χ0n) is 9.98. The Labute approximate surface area is 108 Å². The molecule has 19 heavy (non-hydrogen) atoms. The number of imidazole rings is 1. The molecule has 5 heteroatoms. The molecule has 0 aliphatic carbocycles. The molecule has 1 heterocycles. The van der Waals surface area contributed by atoms with Crippen LogP contribution in [-0.4, -0.2) is 9.97 Å². The van der Waals surface area contributed by atoms with Crippen molar-refractivity contribution in [1.29, 1.82) is 0 Å². The average Bonchev–Trinajstić information content (AvgIpc) is 2.76. The van der Waals surface area contributed by atoms with Gasteiger partial charge in [-0.1, -0.05) is 18.2 Å². The number of nitrogens with one attached hydrogen (secondary N) is 2. The molecule has 1 aromatic heterocycles. The van der Waals surface area contributed by atoms with Gasteiger partial charge in [-0.05, 0) is 35.4 Å². The third-order valence-electron chi connectivity index (χ3n) is 3.11. The first-order valence-electron chi connectivity index (χ1n) is 5.86. The van der Waals surface area contributed by atoms with Crippen molar-refractivity contribution in [2.75, 3.05) is 0 Å². The second-order valence-electron chi connectivity index (χ2n) is 4.42. The van der Waals surface area contributed by atoms with E-state index in [9.17, 15) is 9.18 Å². The molecular formula is C14H12FN3O. The van der Waals surface area contributed by atoms with Gasteiger partial charge in [0.25, 0.3) is 0 Å². The van der Waals surface area contributed by atoms with Crippen molar-refractivity contribution >= 4 is 11.0 Å². The highest BCUT2D eigenvalue weighted by Crippen LogP contribution is 2.22. The number of hydrogen-bond acceptors (Lipinski definition) is 2. The zero-order chi connectivity index (χ0) is 13.4. The largest absolute Gasteiger partial charge is 0.323 e. The summed E-state index contributed by atoms with van der Waals surface area (Å²) < 4.78 is 13.2. The Morgan fingerprint density at radius 3 is 2.53 bits per heavy atom. The molecule has 96 valence electrons. The highest BCUT2D eigenvalue weighted by atomic mass is 19.1. The Kier molecular flexibility index (Phi) is 2.68. The Bertz CT molecular complexity index is 790. The van der Waals surface area contributed by atoms with Crippen LogP contribution in [0.25, 0.3) is 11.0 Å². The molecule has 0 spiro atoms. The Balaban J connectivity index is 2.05. The highest BCUT2D eigenvalue weighted by Gasteiger charge is 2.11. The summed E-state index contributed by atoms with van der Waals surface area (Å²) in [5, 5.41) is 0. The lowest BCUT2D eigenvalue weighted by atomic mass is 9.99. The summed E-state index contributed by atoms with van der Waals surface area (Å²) in [4.78, 5) is 16.5. The maximum atomic E-state index is 13.2. The van der Waals surface area contributed by atoms with Crippen molar-refractivity contribution in [1.82, 2.24) is 9.97 Å². The lowest BCUT2D eigenvalue weighted by Crippen LogP contribution is -2.11. The smallest absolute Gasteiger partial charge is 0.320 e. The molecular weight excluding hydrogens is 245 g/mol.